The van der Waals surface area contributed by atoms with Crippen molar-refractivity contribution in [2.24, 2.45) is 11.3 Å². The second-order valence-corrected chi connectivity index (χ2v) is 12.7. The normalized spacial score (nSPS) is 18.3. The molecule has 1 heterocycles. The van der Waals surface area contributed by atoms with Crippen molar-refractivity contribution in [2.45, 2.75) is 88.0 Å². The third-order valence-corrected chi connectivity index (χ3v) is 11.1. The van der Waals surface area contributed by atoms with Gasteiger partial charge < -0.3 is 0 Å². The molecule has 0 spiro atoms. The van der Waals surface area contributed by atoms with Gasteiger partial charge in [-0.3, -0.25) is 0 Å². The predicted octanol–water partition coefficient (Wildman–Crippen LogP) is 9.35. The average molecular weight is 467 g/mol. The molecule has 0 aromatic heterocycles. The van der Waals surface area contributed by atoms with Crippen molar-refractivity contribution < 1.29 is 0 Å². The number of allylic oxidation sites excluding steroid dienone is 2. The third-order valence-electron chi connectivity index (χ3n) is 3.22. The van der Waals surface area contributed by atoms with E-state index in [2.05, 4.69) is 54.0 Å². The van der Waals surface area contributed by atoms with Crippen LogP contribution >= 0.6 is 19.8 Å². The largest absolute Gasteiger partial charge is 0.103 e. The van der Waals surface area contributed by atoms with E-state index < -0.39 is 19.8 Å². The molecular weight excluding hydrogens is 415 g/mol. The van der Waals surface area contributed by atoms with E-state index >= 15 is 0 Å². The van der Waals surface area contributed by atoms with Crippen molar-refractivity contribution in [1.82, 2.24) is 0 Å². The van der Waals surface area contributed by atoms with Gasteiger partial charge >= 0.3 is 110 Å². The summed E-state index contributed by atoms with van der Waals surface area (Å²) in [6, 6.07) is 0. The van der Waals surface area contributed by atoms with Gasteiger partial charge in [-0.15, -0.1) is 19.7 Å². The first kappa shape index (κ1) is 32.6. The van der Waals surface area contributed by atoms with E-state index in [4.69, 9.17) is 0 Å². The van der Waals surface area contributed by atoms with Crippen LogP contribution in [0.25, 0.3) is 0 Å². The summed E-state index contributed by atoms with van der Waals surface area (Å²) in [5, 5.41) is 0. The van der Waals surface area contributed by atoms with Crippen molar-refractivity contribution in [1.29, 1.82) is 0 Å². The number of alkyl halides is 3. The smallest absolute Gasteiger partial charge is 0.0473 e. The zero-order chi connectivity index (χ0) is 20.9. The van der Waals surface area contributed by atoms with Gasteiger partial charge in [0.2, 0.25) is 0 Å². The second-order valence-electron chi connectivity index (χ2n) is 6.70. The van der Waals surface area contributed by atoms with Crippen LogP contribution in [0.1, 0.15) is 88.0 Å². The summed E-state index contributed by atoms with van der Waals surface area (Å²) in [5.74, 6) is 0.975. The molecule has 1 aliphatic rings. The maximum atomic E-state index is 4.10. The molecule has 0 aliphatic carbocycles. The van der Waals surface area contributed by atoms with Crippen LogP contribution in [0.15, 0.2) is 38.0 Å². The summed E-state index contributed by atoms with van der Waals surface area (Å²) >= 11 is -0.607. The molecule has 154 valence electrons. The molecule has 0 saturated carbocycles. The van der Waals surface area contributed by atoms with Crippen LogP contribution in [0.3, 0.4) is 0 Å². The van der Waals surface area contributed by atoms with Crippen molar-refractivity contribution in [3.05, 3.63) is 38.0 Å². The fourth-order valence-electron chi connectivity index (χ4n) is 2.85. The maximum Gasteiger partial charge on any atom is -0.0473 e. The molecule has 0 aromatic rings. The van der Waals surface area contributed by atoms with Crippen molar-refractivity contribution >= 4 is 19.8 Å². The molecule has 0 amide bonds. The van der Waals surface area contributed by atoms with E-state index in [0.717, 1.165) is 5.92 Å². The number of hydrogen-bond acceptors (Lipinski definition) is 0. The zero-order valence-electron chi connectivity index (χ0n) is 19.3. The molecule has 1 saturated heterocycles. The van der Waals surface area contributed by atoms with Crippen LogP contribution in [0, 0.1) is 11.3 Å². The topological polar surface area (TPSA) is 0 Å². The molecule has 0 nitrogen and oxygen atoms in total. The van der Waals surface area contributed by atoms with Crippen LogP contribution in [0.2, 0.25) is 0 Å². The van der Waals surface area contributed by atoms with Gasteiger partial charge in [0.1, 0.15) is 0 Å². The number of halogens is 1. The molecule has 25 heavy (non-hydrogen) atoms. The Morgan fingerprint density at radius 2 is 1.60 bits per heavy atom. The Hall–Kier alpha value is -0.0500. The molecule has 0 aromatic carbocycles. The molecular formula is C24H51I. The molecule has 0 radical (unpaired) electrons. The summed E-state index contributed by atoms with van der Waals surface area (Å²) in [6.07, 6.45) is 7.36. The van der Waals surface area contributed by atoms with Crippen LogP contribution in [-0.2, 0) is 0 Å². The minimum absolute atomic E-state index is 0.607. The number of unbranched alkanes of at least 4 members (excludes halogenated alkanes) is 1. The van der Waals surface area contributed by atoms with Gasteiger partial charge in [-0.2, -0.15) is 0 Å². The van der Waals surface area contributed by atoms with Crippen LogP contribution < -0.4 is 0 Å². The van der Waals surface area contributed by atoms with E-state index in [1.807, 2.05) is 34.6 Å². The van der Waals surface area contributed by atoms with Crippen molar-refractivity contribution in [2.75, 3.05) is 13.3 Å². The van der Waals surface area contributed by atoms with Crippen molar-refractivity contribution in [3.8, 4) is 0 Å². The minimum atomic E-state index is -0.607. The number of rotatable bonds is 5. The van der Waals surface area contributed by atoms with E-state index in [1.54, 1.807) is 19.4 Å². The predicted molar refractivity (Wildman–Crippen MR) is 135 cm³/mol. The van der Waals surface area contributed by atoms with Gasteiger partial charge in [0.05, 0.1) is 0 Å². The van der Waals surface area contributed by atoms with Crippen molar-refractivity contribution in [3.63, 3.8) is 0 Å². The first-order valence-corrected chi connectivity index (χ1v) is 14.7. The standard InChI is InChI=1S/C15H29I.C3H6.2C2H6.C2H4/c1-6-7-8-16-11-14(9-13(2)3)10-15(4,5)12-16;1-3-2;3*1-2/h14H,2,6-12H2,1,3-5H3;3H,1H2,2H3;2*1-2H3;1-2H2. The quantitative estimate of drug-likeness (QED) is 0.215. The zero-order valence-corrected chi connectivity index (χ0v) is 21.5. The van der Waals surface area contributed by atoms with E-state index in [-0.39, 0.29) is 0 Å². The Morgan fingerprint density at radius 3 is 1.96 bits per heavy atom. The molecule has 1 rings (SSSR count). The number of hydrogen-bond donors (Lipinski definition) is 0. The summed E-state index contributed by atoms with van der Waals surface area (Å²) in [4.78, 5) is 0. The third kappa shape index (κ3) is 24.0. The molecule has 0 bridgehead atoms. The molecule has 1 aliphatic heterocycles. The maximum absolute atomic E-state index is 4.10. The van der Waals surface area contributed by atoms with E-state index in [1.165, 1.54) is 31.3 Å². The Balaban J connectivity index is -0.000000210. The van der Waals surface area contributed by atoms with E-state index in [9.17, 15) is 0 Å². The van der Waals surface area contributed by atoms with Gasteiger partial charge in [0, 0.05) is 0 Å². The average Bonchev–Trinajstić information content (AvgIpc) is 2.57. The summed E-state index contributed by atoms with van der Waals surface area (Å²) in [5.41, 5.74) is 2.03. The summed E-state index contributed by atoms with van der Waals surface area (Å²) in [7, 11) is 0. The van der Waals surface area contributed by atoms with E-state index in [0.29, 0.717) is 5.41 Å². The Bertz CT molecular complexity index is 278. The molecule has 0 N–H and O–H groups in total. The Morgan fingerprint density at radius 1 is 1.16 bits per heavy atom. The second kappa shape index (κ2) is 23.9. The molecule has 1 heteroatoms. The Kier molecular flexibility index (Phi) is 31.2. The SMILES string of the molecule is C=C.C=C(C)CC1CI(CCCC)CC(C)(C)C1.C=CC.CC.CC. The van der Waals surface area contributed by atoms with Gasteiger partial charge in [-0.05, 0) is 6.92 Å². The monoisotopic (exact) mass is 466 g/mol. The van der Waals surface area contributed by atoms with Crippen LogP contribution in [0.5, 0.6) is 0 Å². The van der Waals surface area contributed by atoms with Gasteiger partial charge in [-0.1, -0.05) is 33.8 Å². The van der Waals surface area contributed by atoms with Gasteiger partial charge in [-0.25, -0.2) is 0 Å². The Labute approximate surface area is 170 Å². The van der Waals surface area contributed by atoms with Gasteiger partial charge in [0.25, 0.3) is 0 Å². The molecule has 1 fully saturated rings. The first-order chi connectivity index (χ1) is 11.8. The van der Waals surface area contributed by atoms with Crippen LogP contribution in [0.4, 0.5) is 0 Å². The molecule has 1 unspecified atom stereocenters. The fraction of sp³-hybridized carbons (Fsp3) is 0.750. The summed E-state index contributed by atoms with van der Waals surface area (Å²) in [6.45, 7) is 32.9. The van der Waals surface area contributed by atoms with Gasteiger partial charge in [0.15, 0.2) is 0 Å². The minimum Gasteiger partial charge on any atom is -0.103 e. The summed E-state index contributed by atoms with van der Waals surface area (Å²) < 4.78 is 4.82. The van der Waals surface area contributed by atoms with Crippen LogP contribution in [-0.4, -0.2) is 13.3 Å². The molecule has 1 atom stereocenters. The fourth-order valence-corrected chi connectivity index (χ4v) is 11.4. The first-order valence-electron chi connectivity index (χ1n) is 10.1.